The summed E-state index contributed by atoms with van der Waals surface area (Å²) in [5, 5.41) is 0.616. The van der Waals surface area contributed by atoms with E-state index in [9.17, 15) is 4.79 Å². The zero-order chi connectivity index (χ0) is 19.5. The van der Waals surface area contributed by atoms with Crippen molar-refractivity contribution in [3.05, 3.63) is 76.7 Å². The normalized spacial score (nSPS) is 10.9. The molecule has 142 valence electrons. The summed E-state index contributed by atoms with van der Waals surface area (Å²) in [7, 11) is 0. The van der Waals surface area contributed by atoms with Gasteiger partial charge in [-0.1, -0.05) is 33.3 Å². The lowest BCUT2D eigenvalue weighted by Crippen LogP contribution is -2.30. The van der Waals surface area contributed by atoms with Gasteiger partial charge in [0.2, 0.25) is 0 Å². The first-order chi connectivity index (χ1) is 13.6. The third-order valence-corrected chi connectivity index (χ3v) is 5.64. The number of carbonyl (C=O) groups excluding carboxylic acids is 1. The summed E-state index contributed by atoms with van der Waals surface area (Å²) in [6.07, 6.45) is 1.60. The van der Waals surface area contributed by atoms with E-state index in [1.54, 1.807) is 23.3 Å². The summed E-state index contributed by atoms with van der Waals surface area (Å²) in [6.45, 7) is 2.85. The maximum absolute atomic E-state index is 13.3. The van der Waals surface area contributed by atoms with E-state index in [1.165, 1.54) is 11.3 Å². The standard InChI is InChI=1S/C21H17BrN2O3S/c1-2-26-16-8-9-18-19(12-16)28-21(23-18)24(13-17-7-4-10-27-17)20(25)14-5-3-6-15(22)11-14/h3-12H,2,13H2,1H3. The molecule has 7 heteroatoms. The van der Waals surface area contributed by atoms with Crippen LogP contribution in [-0.2, 0) is 6.54 Å². The van der Waals surface area contributed by atoms with Crippen molar-refractivity contribution in [2.24, 2.45) is 0 Å². The Morgan fingerprint density at radius 3 is 2.86 bits per heavy atom. The monoisotopic (exact) mass is 456 g/mol. The number of hydrogen-bond acceptors (Lipinski definition) is 5. The summed E-state index contributed by atoms with van der Waals surface area (Å²) in [6, 6.07) is 16.7. The molecule has 0 aliphatic heterocycles. The Balaban J connectivity index is 1.74. The Morgan fingerprint density at radius 2 is 2.11 bits per heavy atom. The molecule has 2 aromatic carbocycles. The van der Waals surface area contributed by atoms with Crippen LogP contribution >= 0.6 is 27.3 Å². The van der Waals surface area contributed by atoms with Gasteiger partial charge in [0.15, 0.2) is 5.13 Å². The van der Waals surface area contributed by atoms with E-state index in [-0.39, 0.29) is 5.91 Å². The fourth-order valence-corrected chi connectivity index (χ4v) is 4.22. The molecule has 0 atom stereocenters. The highest BCUT2D eigenvalue weighted by Gasteiger charge is 2.23. The van der Waals surface area contributed by atoms with Gasteiger partial charge in [-0.05, 0) is 55.5 Å². The van der Waals surface area contributed by atoms with Gasteiger partial charge in [-0.3, -0.25) is 9.69 Å². The number of amides is 1. The molecule has 4 rings (SSSR count). The molecular weight excluding hydrogens is 440 g/mol. The van der Waals surface area contributed by atoms with Gasteiger partial charge in [0, 0.05) is 10.0 Å². The molecule has 4 aromatic rings. The smallest absolute Gasteiger partial charge is 0.260 e. The third kappa shape index (κ3) is 3.95. The van der Waals surface area contributed by atoms with Crippen LogP contribution in [0.4, 0.5) is 5.13 Å². The van der Waals surface area contributed by atoms with Crippen LogP contribution in [0.15, 0.2) is 69.8 Å². The van der Waals surface area contributed by atoms with Crippen molar-refractivity contribution in [2.45, 2.75) is 13.5 Å². The molecule has 0 spiro atoms. The fraction of sp³-hybridized carbons (Fsp3) is 0.143. The van der Waals surface area contributed by atoms with E-state index in [0.717, 1.165) is 20.4 Å². The molecule has 2 heterocycles. The van der Waals surface area contributed by atoms with Gasteiger partial charge in [0.1, 0.15) is 11.5 Å². The van der Waals surface area contributed by atoms with E-state index in [1.807, 2.05) is 49.4 Å². The quantitative estimate of drug-likeness (QED) is 0.362. The zero-order valence-electron chi connectivity index (χ0n) is 15.1. The topological polar surface area (TPSA) is 55.6 Å². The number of ether oxygens (including phenoxy) is 1. The molecule has 0 saturated carbocycles. The number of carbonyl (C=O) groups is 1. The molecule has 1 amide bonds. The minimum atomic E-state index is -0.137. The summed E-state index contributed by atoms with van der Waals surface area (Å²) in [4.78, 5) is 19.6. The van der Waals surface area contributed by atoms with E-state index >= 15 is 0 Å². The van der Waals surface area contributed by atoms with Crippen LogP contribution in [0.25, 0.3) is 10.2 Å². The maximum atomic E-state index is 13.3. The highest BCUT2D eigenvalue weighted by Crippen LogP contribution is 2.33. The number of furan rings is 1. The van der Waals surface area contributed by atoms with E-state index in [2.05, 4.69) is 20.9 Å². The first kappa shape index (κ1) is 18.7. The first-order valence-corrected chi connectivity index (χ1v) is 10.4. The van der Waals surface area contributed by atoms with Gasteiger partial charge in [-0.25, -0.2) is 4.98 Å². The third-order valence-electron chi connectivity index (χ3n) is 4.10. The second-order valence-electron chi connectivity index (χ2n) is 6.04. The molecule has 0 unspecified atom stereocenters. The molecule has 0 aliphatic rings. The van der Waals surface area contributed by atoms with Crippen LogP contribution in [0, 0.1) is 0 Å². The zero-order valence-corrected chi connectivity index (χ0v) is 17.5. The van der Waals surface area contributed by atoms with Gasteiger partial charge in [0.25, 0.3) is 5.91 Å². The van der Waals surface area contributed by atoms with Crippen molar-refractivity contribution in [3.8, 4) is 5.75 Å². The number of benzene rings is 2. The molecule has 0 aliphatic carbocycles. The lowest BCUT2D eigenvalue weighted by atomic mass is 10.2. The van der Waals surface area contributed by atoms with Crippen LogP contribution in [-0.4, -0.2) is 17.5 Å². The average molecular weight is 457 g/mol. The number of hydrogen-bond donors (Lipinski definition) is 0. The molecule has 0 radical (unpaired) electrons. The van der Waals surface area contributed by atoms with Crippen LogP contribution in [0.3, 0.4) is 0 Å². The van der Waals surface area contributed by atoms with Crippen molar-refractivity contribution in [1.82, 2.24) is 4.98 Å². The lowest BCUT2D eigenvalue weighted by Gasteiger charge is -2.19. The van der Waals surface area contributed by atoms with Gasteiger partial charge in [0.05, 0.1) is 29.6 Å². The number of halogens is 1. The predicted molar refractivity (Wildman–Crippen MR) is 114 cm³/mol. The van der Waals surface area contributed by atoms with Gasteiger partial charge >= 0.3 is 0 Å². The highest BCUT2D eigenvalue weighted by atomic mass is 79.9. The molecule has 0 bridgehead atoms. The predicted octanol–water partition coefficient (Wildman–Crippen LogP) is 5.90. The molecule has 5 nitrogen and oxygen atoms in total. The lowest BCUT2D eigenvalue weighted by molar-refractivity contribution is 0.0983. The second-order valence-corrected chi connectivity index (χ2v) is 7.96. The fourth-order valence-electron chi connectivity index (χ4n) is 2.83. The van der Waals surface area contributed by atoms with E-state index in [4.69, 9.17) is 9.15 Å². The van der Waals surface area contributed by atoms with Gasteiger partial charge < -0.3 is 9.15 Å². The Bertz CT molecular complexity index is 1110. The Labute approximate surface area is 174 Å². The Kier molecular flexibility index (Phi) is 5.45. The minimum absolute atomic E-state index is 0.137. The average Bonchev–Trinajstić information content (AvgIpc) is 3.35. The van der Waals surface area contributed by atoms with Crippen molar-refractivity contribution in [2.75, 3.05) is 11.5 Å². The molecule has 2 aromatic heterocycles. The number of anilines is 1. The van der Waals surface area contributed by atoms with Crippen LogP contribution in [0.2, 0.25) is 0 Å². The van der Waals surface area contributed by atoms with Crippen molar-refractivity contribution in [3.63, 3.8) is 0 Å². The Morgan fingerprint density at radius 1 is 1.21 bits per heavy atom. The van der Waals surface area contributed by atoms with Crippen LogP contribution < -0.4 is 9.64 Å². The summed E-state index contributed by atoms with van der Waals surface area (Å²) in [5.41, 5.74) is 1.41. The van der Waals surface area contributed by atoms with Crippen LogP contribution in [0.5, 0.6) is 5.75 Å². The van der Waals surface area contributed by atoms with Gasteiger partial charge in [-0.2, -0.15) is 0 Å². The molecule has 0 N–H and O–H groups in total. The molecular formula is C21H17BrN2O3S. The van der Waals surface area contributed by atoms with Gasteiger partial charge in [-0.15, -0.1) is 0 Å². The van der Waals surface area contributed by atoms with Crippen LogP contribution in [0.1, 0.15) is 23.0 Å². The highest BCUT2D eigenvalue weighted by molar-refractivity contribution is 9.10. The summed E-state index contributed by atoms with van der Waals surface area (Å²) >= 11 is 4.89. The number of thiazole rings is 1. The second kappa shape index (κ2) is 8.16. The number of rotatable bonds is 6. The van der Waals surface area contributed by atoms with Crippen molar-refractivity contribution >= 4 is 48.5 Å². The number of fused-ring (bicyclic) bond motifs is 1. The summed E-state index contributed by atoms with van der Waals surface area (Å²) < 4.78 is 12.9. The van der Waals surface area contributed by atoms with E-state index in [0.29, 0.717) is 29.6 Å². The van der Waals surface area contributed by atoms with Crippen molar-refractivity contribution in [1.29, 1.82) is 0 Å². The number of nitrogens with zero attached hydrogens (tertiary/aromatic N) is 2. The van der Waals surface area contributed by atoms with E-state index < -0.39 is 0 Å². The Hall–Kier alpha value is -2.64. The first-order valence-electron chi connectivity index (χ1n) is 8.77. The molecule has 0 saturated heterocycles. The summed E-state index contributed by atoms with van der Waals surface area (Å²) in [5.74, 6) is 1.35. The SMILES string of the molecule is CCOc1ccc2nc(N(Cc3ccco3)C(=O)c3cccc(Br)c3)sc2c1. The maximum Gasteiger partial charge on any atom is 0.260 e. The number of aromatic nitrogens is 1. The van der Waals surface area contributed by atoms with Crippen molar-refractivity contribution < 1.29 is 13.9 Å². The minimum Gasteiger partial charge on any atom is -0.494 e. The molecule has 0 fully saturated rings. The largest absolute Gasteiger partial charge is 0.494 e. The molecule has 28 heavy (non-hydrogen) atoms.